The lowest BCUT2D eigenvalue weighted by molar-refractivity contribution is 0.462. The van der Waals surface area contributed by atoms with Crippen LogP contribution in [0.5, 0.6) is 11.6 Å². The smallest absolute Gasteiger partial charge is 0.277 e. The average Bonchev–Trinajstić information content (AvgIpc) is 2.35. The van der Waals surface area contributed by atoms with Gasteiger partial charge in [0.15, 0.2) is 5.69 Å². The first-order valence-electron chi connectivity index (χ1n) is 5.69. The third kappa shape index (κ3) is 2.51. The molecule has 0 saturated heterocycles. The minimum absolute atomic E-state index is 0.0209. The number of aromatic amines is 1. The van der Waals surface area contributed by atoms with E-state index in [0.717, 1.165) is 5.56 Å². The minimum Gasteiger partial charge on any atom is -0.437 e. The number of nitrogen functional groups attached to an aromatic ring is 1. The van der Waals surface area contributed by atoms with Crippen LogP contribution in [0.1, 0.15) is 25.3 Å². The Morgan fingerprint density at radius 1 is 1.39 bits per heavy atom. The molecule has 0 saturated carbocycles. The Labute approximate surface area is 105 Å². The number of anilines is 1. The lowest BCUT2D eigenvalue weighted by atomic mass is 10.0. The van der Waals surface area contributed by atoms with Crippen LogP contribution in [-0.4, -0.2) is 9.97 Å². The van der Waals surface area contributed by atoms with Gasteiger partial charge >= 0.3 is 0 Å². The number of H-pyrrole nitrogens is 1. The molecule has 5 nitrogen and oxygen atoms in total. The Kier molecular flexibility index (Phi) is 3.32. The Bertz CT molecular complexity index is 605. The van der Waals surface area contributed by atoms with Gasteiger partial charge in [-0.25, -0.2) is 4.98 Å². The minimum atomic E-state index is -0.403. The van der Waals surface area contributed by atoms with Crippen LogP contribution < -0.4 is 16.0 Å². The standard InChI is InChI=1S/C13H15N3O2/c1-8(2)9-4-3-5-10(6-9)18-13-11(14)12(17)15-7-16-13/h3-8H,14H2,1-2H3,(H,15,16,17). The Morgan fingerprint density at radius 2 is 2.17 bits per heavy atom. The monoisotopic (exact) mass is 245 g/mol. The van der Waals surface area contributed by atoms with E-state index in [4.69, 9.17) is 10.5 Å². The molecule has 18 heavy (non-hydrogen) atoms. The van der Waals surface area contributed by atoms with Gasteiger partial charge in [0.1, 0.15) is 5.75 Å². The molecular formula is C13H15N3O2. The van der Waals surface area contributed by atoms with Gasteiger partial charge in [0.05, 0.1) is 6.33 Å². The number of rotatable bonds is 3. The summed E-state index contributed by atoms with van der Waals surface area (Å²) < 4.78 is 5.52. The molecule has 1 aromatic heterocycles. The normalized spacial score (nSPS) is 10.6. The van der Waals surface area contributed by atoms with Gasteiger partial charge in [0, 0.05) is 0 Å². The molecule has 0 radical (unpaired) electrons. The third-order valence-corrected chi connectivity index (χ3v) is 2.59. The molecule has 0 aliphatic rings. The zero-order valence-corrected chi connectivity index (χ0v) is 10.3. The van der Waals surface area contributed by atoms with E-state index in [-0.39, 0.29) is 11.6 Å². The molecule has 0 aliphatic carbocycles. The molecule has 1 aromatic carbocycles. The van der Waals surface area contributed by atoms with Gasteiger partial charge in [-0.05, 0) is 23.6 Å². The summed E-state index contributed by atoms with van der Waals surface area (Å²) in [5.74, 6) is 1.14. The topological polar surface area (TPSA) is 81.0 Å². The lowest BCUT2D eigenvalue weighted by Gasteiger charge is -2.09. The van der Waals surface area contributed by atoms with Crippen LogP contribution in [0, 0.1) is 0 Å². The van der Waals surface area contributed by atoms with Crippen molar-refractivity contribution in [2.24, 2.45) is 0 Å². The van der Waals surface area contributed by atoms with Crippen molar-refractivity contribution < 1.29 is 4.74 Å². The van der Waals surface area contributed by atoms with E-state index in [1.165, 1.54) is 6.33 Å². The van der Waals surface area contributed by atoms with Crippen LogP contribution >= 0.6 is 0 Å². The quantitative estimate of drug-likeness (QED) is 0.869. The largest absolute Gasteiger partial charge is 0.437 e. The van der Waals surface area contributed by atoms with Crippen LogP contribution in [0.15, 0.2) is 35.4 Å². The van der Waals surface area contributed by atoms with E-state index in [1.807, 2.05) is 18.2 Å². The number of nitrogens with two attached hydrogens (primary N) is 1. The summed E-state index contributed by atoms with van der Waals surface area (Å²) in [5, 5.41) is 0. The van der Waals surface area contributed by atoms with Crippen molar-refractivity contribution in [3.63, 3.8) is 0 Å². The first-order valence-corrected chi connectivity index (χ1v) is 5.69. The molecule has 3 N–H and O–H groups in total. The fourth-order valence-corrected chi connectivity index (χ4v) is 1.52. The second-order valence-corrected chi connectivity index (χ2v) is 4.28. The zero-order chi connectivity index (χ0) is 13.1. The number of nitrogens with zero attached hydrogens (tertiary/aromatic N) is 1. The van der Waals surface area contributed by atoms with E-state index in [9.17, 15) is 4.79 Å². The van der Waals surface area contributed by atoms with E-state index < -0.39 is 5.56 Å². The van der Waals surface area contributed by atoms with Gasteiger partial charge in [-0.15, -0.1) is 0 Å². The summed E-state index contributed by atoms with van der Waals surface area (Å²) in [7, 11) is 0. The van der Waals surface area contributed by atoms with Gasteiger partial charge < -0.3 is 15.5 Å². The molecule has 0 amide bonds. The van der Waals surface area contributed by atoms with Crippen LogP contribution in [0.2, 0.25) is 0 Å². The number of aromatic nitrogens is 2. The molecule has 0 fully saturated rings. The number of benzene rings is 1. The van der Waals surface area contributed by atoms with E-state index >= 15 is 0 Å². The number of nitrogens with one attached hydrogen (secondary N) is 1. The predicted octanol–water partition coefficient (Wildman–Crippen LogP) is 2.27. The molecule has 0 aliphatic heterocycles. The van der Waals surface area contributed by atoms with E-state index in [2.05, 4.69) is 23.8 Å². The molecule has 2 aromatic rings. The Hall–Kier alpha value is -2.30. The van der Waals surface area contributed by atoms with Crippen molar-refractivity contribution in [3.8, 4) is 11.6 Å². The highest BCUT2D eigenvalue weighted by atomic mass is 16.5. The van der Waals surface area contributed by atoms with E-state index in [1.54, 1.807) is 6.07 Å². The summed E-state index contributed by atoms with van der Waals surface area (Å²) in [6.45, 7) is 4.19. The van der Waals surface area contributed by atoms with Crippen LogP contribution in [0.25, 0.3) is 0 Å². The first-order chi connectivity index (χ1) is 8.58. The van der Waals surface area contributed by atoms with Crippen LogP contribution in [0.3, 0.4) is 0 Å². The van der Waals surface area contributed by atoms with Gasteiger partial charge in [-0.1, -0.05) is 26.0 Å². The number of hydrogen-bond acceptors (Lipinski definition) is 4. The third-order valence-electron chi connectivity index (χ3n) is 2.59. The van der Waals surface area contributed by atoms with Crippen molar-refractivity contribution in [1.29, 1.82) is 0 Å². The van der Waals surface area contributed by atoms with Crippen LogP contribution in [-0.2, 0) is 0 Å². The summed E-state index contributed by atoms with van der Waals surface area (Å²) >= 11 is 0. The summed E-state index contributed by atoms with van der Waals surface area (Å²) in [6, 6.07) is 7.63. The molecule has 1 heterocycles. The molecule has 0 bridgehead atoms. The maximum Gasteiger partial charge on any atom is 0.277 e. The summed E-state index contributed by atoms with van der Waals surface area (Å²) in [6.07, 6.45) is 1.26. The maximum atomic E-state index is 11.3. The zero-order valence-electron chi connectivity index (χ0n) is 10.3. The predicted molar refractivity (Wildman–Crippen MR) is 69.9 cm³/mol. The van der Waals surface area contributed by atoms with Gasteiger partial charge in [-0.2, -0.15) is 0 Å². The lowest BCUT2D eigenvalue weighted by Crippen LogP contribution is -2.13. The molecular weight excluding hydrogens is 230 g/mol. The molecule has 0 spiro atoms. The Balaban J connectivity index is 2.31. The summed E-state index contributed by atoms with van der Waals surface area (Å²) in [4.78, 5) is 17.6. The van der Waals surface area contributed by atoms with Crippen molar-refractivity contribution >= 4 is 5.69 Å². The van der Waals surface area contributed by atoms with Crippen molar-refractivity contribution in [2.75, 3.05) is 5.73 Å². The van der Waals surface area contributed by atoms with Crippen molar-refractivity contribution in [2.45, 2.75) is 19.8 Å². The second kappa shape index (κ2) is 4.91. The summed E-state index contributed by atoms with van der Waals surface area (Å²) in [5.41, 5.74) is 6.32. The SMILES string of the molecule is CC(C)c1cccc(Oc2nc[nH]c(=O)c2N)c1. The molecule has 0 atom stereocenters. The fraction of sp³-hybridized carbons (Fsp3) is 0.231. The number of hydrogen-bond donors (Lipinski definition) is 2. The number of ether oxygens (including phenoxy) is 1. The molecule has 2 rings (SSSR count). The van der Waals surface area contributed by atoms with Crippen LogP contribution in [0.4, 0.5) is 5.69 Å². The Morgan fingerprint density at radius 3 is 2.89 bits per heavy atom. The highest BCUT2D eigenvalue weighted by molar-refractivity contribution is 5.47. The van der Waals surface area contributed by atoms with Gasteiger partial charge in [0.25, 0.3) is 5.56 Å². The van der Waals surface area contributed by atoms with E-state index in [0.29, 0.717) is 11.7 Å². The van der Waals surface area contributed by atoms with Crippen molar-refractivity contribution in [1.82, 2.24) is 9.97 Å². The highest BCUT2D eigenvalue weighted by Crippen LogP contribution is 2.25. The maximum absolute atomic E-state index is 11.3. The molecule has 5 heteroatoms. The van der Waals surface area contributed by atoms with Gasteiger partial charge in [-0.3, -0.25) is 4.79 Å². The fourth-order valence-electron chi connectivity index (χ4n) is 1.52. The molecule has 0 unspecified atom stereocenters. The second-order valence-electron chi connectivity index (χ2n) is 4.28. The van der Waals surface area contributed by atoms with Gasteiger partial charge in [0.2, 0.25) is 5.88 Å². The average molecular weight is 245 g/mol. The first kappa shape index (κ1) is 12.2. The van der Waals surface area contributed by atoms with Crippen molar-refractivity contribution in [3.05, 3.63) is 46.5 Å². The molecule has 94 valence electrons. The highest BCUT2D eigenvalue weighted by Gasteiger charge is 2.08.